The molecule has 0 amide bonds. The molecule has 0 spiro atoms. The van der Waals surface area contributed by atoms with Crippen molar-refractivity contribution in [1.29, 1.82) is 0 Å². The van der Waals surface area contributed by atoms with Crippen molar-refractivity contribution in [2.24, 2.45) is 7.05 Å². The molecule has 1 atom stereocenters. The van der Waals surface area contributed by atoms with E-state index in [1.165, 1.54) is 0 Å². The van der Waals surface area contributed by atoms with E-state index in [1.807, 2.05) is 37.0 Å². The molecule has 1 fully saturated rings. The van der Waals surface area contributed by atoms with Crippen molar-refractivity contribution in [1.82, 2.24) is 29.9 Å². The molecule has 0 aliphatic carbocycles. The highest BCUT2D eigenvalue weighted by molar-refractivity contribution is 6.01. The van der Waals surface area contributed by atoms with Crippen LogP contribution in [0.5, 0.6) is 0 Å². The number of aromatic amines is 1. The average Bonchev–Trinajstić information content (AvgIpc) is 3.36. The molecular formula is C21H23N7O. The lowest BCUT2D eigenvalue weighted by Gasteiger charge is -2.34. The Hall–Kier alpha value is -3.26. The summed E-state index contributed by atoms with van der Waals surface area (Å²) < 4.78 is 7.48. The Bertz CT molecular complexity index is 1170. The van der Waals surface area contributed by atoms with E-state index in [0.717, 1.165) is 51.5 Å². The zero-order chi connectivity index (χ0) is 20.0. The molecule has 0 radical (unpaired) electrons. The summed E-state index contributed by atoms with van der Waals surface area (Å²) in [6.45, 7) is 6.41. The van der Waals surface area contributed by atoms with Gasteiger partial charge in [0.25, 0.3) is 0 Å². The Morgan fingerprint density at radius 2 is 2.10 bits per heavy atom. The van der Waals surface area contributed by atoms with E-state index >= 15 is 0 Å². The number of aromatic nitrogens is 6. The standard InChI is InChI=1S/C21H23N7O/c1-13-12-29-9-8-28(13)19-10-16(17-11-27(3)26-14(17)2)15-4-6-22-21(20(15)24-19)18-5-7-23-25-18/h4-7,10-11,13H,8-9,12H2,1-3H3,(H,23,25)/t13-/m1/s1. The molecule has 5 heterocycles. The van der Waals surface area contributed by atoms with Crippen LogP contribution in [0.2, 0.25) is 0 Å². The second kappa shape index (κ2) is 6.97. The van der Waals surface area contributed by atoms with E-state index in [0.29, 0.717) is 13.2 Å². The fraction of sp³-hybridized carbons (Fsp3) is 0.333. The van der Waals surface area contributed by atoms with E-state index in [4.69, 9.17) is 9.72 Å². The van der Waals surface area contributed by atoms with E-state index in [1.54, 1.807) is 6.20 Å². The molecule has 1 aliphatic heterocycles. The van der Waals surface area contributed by atoms with Crippen LogP contribution < -0.4 is 4.90 Å². The van der Waals surface area contributed by atoms with Gasteiger partial charge in [-0.05, 0) is 37.6 Å². The van der Waals surface area contributed by atoms with Gasteiger partial charge >= 0.3 is 0 Å². The topological polar surface area (TPSA) is 84.8 Å². The van der Waals surface area contributed by atoms with Crippen LogP contribution in [0.4, 0.5) is 5.82 Å². The van der Waals surface area contributed by atoms with Crippen molar-refractivity contribution in [2.75, 3.05) is 24.7 Å². The number of anilines is 1. The number of morpholine rings is 1. The number of ether oxygens (including phenoxy) is 1. The quantitative estimate of drug-likeness (QED) is 0.580. The van der Waals surface area contributed by atoms with Gasteiger partial charge in [-0.25, -0.2) is 4.98 Å². The molecule has 5 rings (SSSR count). The van der Waals surface area contributed by atoms with Gasteiger partial charge in [0.05, 0.1) is 30.6 Å². The summed E-state index contributed by atoms with van der Waals surface area (Å²) >= 11 is 0. The van der Waals surface area contributed by atoms with Gasteiger partial charge in [0.1, 0.15) is 17.0 Å². The molecule has 4 aromatic heterocycles. The van der Waals surface area contributed by atoms with Crippen LogP contribution in [0, 0.1) is 6.92 Å². The highest BCUT2D eigenvalue weighted by atomic mass is 16.5. The summed E-state index contributed by atoms with van der Waals surface area (Å²) in [5, 5.41) is 12.7. The molecule has 0 aromatic carbocycles. The summed E-state index contributed by atoms with van der Waals surface area (Å²) in [6.07, 6.45) is 5.62. The average molecular weight is 389 g/mol. The zero-order valence-corrected chi connectivity index (χ0v) is 16.8. The minimum absolute atomic E-state index is 0.254. The maximum Gasteiger partial charge on any atom is 0.130 e. The number of hydrogen-bond acceptors (Lipinski definition) is 6. The van der Waals surface area contributed by atoms with Gasteiger partial charge in [-0.15, -0.1) is 0 Å². The fourth-order valence-electron chi connectivity index (χ4n) is 4.02. The van der Waals surface area contributed by atoms with Crippen molar-refractivity contribution in [3.63, 3.8) is 0 Å². The Morgan fingerprint density at radius 3 is 2.83 bits per heavy atom. The third-order valence-corrected chi connectivity index (χ3v) is 5.44. The number of fused-ring (bicyclic) bond motifs is 1. The van der Waals surface area contributed by atoms with Gasteiger partial charge in [0.15, 0.2) is 0 Å². The van der Waals surface area contributed by atoms with Crippen LogP contribution in [-0.4, -0.2) is 55.7 Å². The Labute approximate surface area is 168 Å². The van der Waals surface area contributed by atoms with Crippen molar-refractivity contribution in [2.45, 2.75) is 19.9 Å². The SMILES string of the molecule is Cc1nn(C)cc1-c1cc(N2CCOC[C@H]2C)nc2c(-c3ccn[nH]3)nccc12. The third-order valence-electron chi connectivity index (χ3n) is 5.44. The van der Waals surface area contributed by atoms with Crippen molar-refractivity contribution in [3.8, 4) is 22.5 Å². The summed E-state index contributed by atoms with van der Waals surface area (Å²) in [6, 6.07) is 6.37. The molecule has 29 heavy (non-hydrogen) atoms. The molecule has 0 unspecified atom stereocenters. The van der Waals surface area contributed by atoms with Gasteiger partial charge in [-0.3, -0.25) is 14.8 Å². The normalized spacial score (nSPS) is 17.2. The molecule has 148 valence electrons. The van der Waals surface area contributed by atoms with E-state index in [9.17, 15) is 0 Å². The van der Waals surface area contributed by atoms with E-state index in [-0.39, 0.29) is 6.04 Å². The molecule has 1 saturated heterocycles. The summed E-state index contributed by atoms with van der Waals surface area (Å²) in [5.74, 6) is 0.931. The number of hydrogen-bond donors (Lipinski definition) is 1. The van der Waals surface area contributed by atoms with Crippen LogP contribution >= 0.6 is 0 Å². The molecule has 0 bridgehead atoms. The third kappa shape index (κ3) is 3.05. The predicted octanol–water partition coefficient (Wildman–Crippen LogP) is 2.95. The lowest BCUT2D eigenvalue weighted by atomic mass is 10.0. The van der Waals surface area contributed by atoms with Crippen LogP contribution in [0.15, 0.2) is 36.8 Å². The molecule has 8 nitrogen and oxygen atoms in total. The van der Waals surface area contributed by atoms with Crippen molar-refractivity contribution >= 4 is 16.7 Å². The number of aryl methyl sites for hydroxylation is 2. The summed E-state index contributed by atoms with van der Waals surface area (Å²) in [7, 11) is 1.95. The number of nitrogens with zero attached hydrogens (tertiary/aromatic N) is 6. The molecule has 0 saturated carbocycles. The first-order chi connectivity index (χ1) is 14.1. The molecule has 4 aromatic rings. The number of pyridine rings is 2. The van der Waals surface area contributed by atoms with E-state index < -0.39 is 0 Å². The molecular weight excluding hydrogens is 366 g/mol. The smallest absolute Gasteiger partial charge is 0.130 e. The largest absolute Gasteiger partial charge is 0.377 e. The summed E-state index contributed by atoms with van der Waals surface area (Å²) in [5.41, 5.74) is 5.70. The van der Waals surface area contributed by atoms with Crippen LogP contribution in [0.1, 0.15) is 12.6 Å². The highest BCUT2D eigenvalue weighted by Crippen LogP contribution is 2.36. The van der Waals surface area contributed by atoms with Crippen LogP contribution in [-0.2, 0) is 11.8 Å². The maximum atomic E-state index is 5.63. The number of rotatable bonds is 3. The first-order valence-corrected chi connectivity index (χ1v) is 9.76. The molecule has 8 heteroatoms. The first-order valence-electron chi connectivity index (χ1n) is 9.76. The fourth-order valence-corrected chi connectivity index (χ4v) is 4.02. The Kier molecular flexibility index (Phi) is 4.28. The summed E-state index contributed by atoms with van der Waals surface area (Å²) in [4.78, 5) is 12.0. The number of H-pyrrole nitrogens is 1. The van der Waals surface area contributed by atoms with Gasteiger partial charge in [-0.2, -0.15) is 10.2 Å². The predicted molar refractivity (Wildman–Crippen MR) is 112 cm³/mol. The highest BCUT2D eigenvalue weighted by Gasteiger charge is 2.23. The Balaban J connectivity index is 1.80. The maximum absolute atomic E-state index is 5.63. The lowest BCUT2D eigenvalue weighted by molar-refractivity contribution is 0.0986. The number of nitrogens with one attached hydrogen (secondary N) is 1. The molecule has 1 aliphatic rings. The van der Waals surface area contributed by atoms with Gasteiger partial charge < -0.3 is 9.64 Å². The lowest BCUT2D eigenvalue weighted by Crippen LogP contribution is -2.44. The second-order valence-electron chi connectivity index (χ2n) is 7.47. The van der Waals surface area contributed by atoms with Crippen molar-refractivity contribution < 1.29 is 4.74 Å². The zero-order valence-electron chi connectivity index (χ0n) is 16.8. The monoisotopic (exact) mass is 389 g/mol. The minimum Gasteiger partial charge on any atom is -0.377 e. The Morgan fingerprint density at radius 1 is 1.21 bits per heavy atom. The van der Waals surface area contributed by atoms with Crippen LogP contribution in [0.3, 0.4) is 0 Å². The minimum atomic E-state index is 0.254. The van der Waals surface area contributed by atoms with Crippen molar-refractivity contribution in [3.05, 3.63) is 42.5 Å². The molecule has 1 N–H and O–H groups in total. The second-order valence-corrected chi connectivity index (χ2v) is 7.47. The van der Waals surface area contributed by atoms with Gasteiger partial charge in [0.2, 0.25) is 0 Å². The van der Waals surface area contributed by atoms with Crippen LogP contribution in [0.25, 0.3) is 33.4 Å². The van der Waals surface area contributed by atoms with Gasteiger partial charge in [-0.1, -0.05) is 0 Å². The van der Waals surface area contributed by atoms with E-state index in [2.05, 4.69) is 44.4 Å². The van der Waals surface area contributed by atoms with Gasteiger partial charge in [0, 0.05) is 43.1 Å². The first kappa shape index (κ1) is 17.8.